The lowest BCUT2D eigenvalue weighted by atomic mass is 9.41. The van der Waals surface area contributed by atoms with Gasteiger partial charge in [0.15, 0.2) is 0 Å². The van der Waals surface area contributed by atoms with E-state index >= 15 is 0 Å². The first-order valence-electron chi connectivity index (χ1n) is 4.47. The summed E-state index contributed by atoms with van der Waals surface area (Å²) in [7, 11) is -1.06. The van der Waals surface area contributed by atoms with Crippen molar-refractivity contribution in [2.45, 2.75) is 38.4 Å². The maximum Gasteiger partial charge on any atom is 0.454 e. The molecule has 0 saturated heterocycles. The summed E-state index contributed by atoms with van der Waals surface area (Å²) in [4.78, 5) is 0. The minimum absolute atomic E-state index is 0.183. The molecule has 0 aromatic carbocycles. The van der Waals surface area contributed by atoms with Gasteiger partial charge in [0.25, 0.3) is 0 Å². The molecule has 2 N–H and O–H groups in total. The number of hydrogen-bond donors (Lipinski definition) is 2. The van der Waals surface area contributed by atoms with E-state index in [9.17, 15) is 0 Å². The SMILES string of the molecule is CC1CC2(C1)CC(B(O)O)C2. The highest BCUT2D eigenvalue weighted by Crippen LogP contribution is 2.63. The molecule has 0 heterocycles. The van der Waals surface area contributed by atoms with Crippen molar-refractivity contribution in [1.82, 2.24) is 0 Å². The monoisotopic (exact) mass is 154 g/mol. The molecule has 0 bridgehead atoms. The molecule has 0 atom stereocenters. The Balaban J connectivity index is 1.80. The zero-order valence-corrected chi connectivity index (χ0v) is 6.95. The van der Waals surface area contributed by atoms with Crippen molar-refractivity contribution in [1.29, 1.82) is 0 Å². The first kappa shape index (κ1) is 7.62. The Labute approximate surface area is 67.8 Å². The summed E-state index contributed by atoms with van der Waals surface area (Å²) in [5.74, 6) is 1.06. The highest BCUT2D eigenvalue weighted by molar-refractivity contribution is 6.43. The lowest BCUT2D eigenvalue weighted by Gasteiger charge is -2.57. The van der Waals surface area contributed by atoms with Crippen LogP contribution in [-0.2, 0) is 0 Å². The topological polar surface area (TPSA) is 40.5 Å². The van der Waals surface area contributed by atoms with Gasteiger partial charge in [-0.05, 0) is 42.8 Å². The van der Waals surface area contributed by atoms with Crippen LogP contribution in [0.5, 0.6) is 0 Å². The molecular formula is C8H15BO2. The van der Waals surface area contributed by atoms with Gasteiger partial charge in [-0.3, -0.25) is 0 Å². The quantitative estimate of drug-likeness (QED) is 0.554. The van der Waals surface area contributed by atoms with E-state index in [4.69, 9.17) is 10.0 Å². The van der Waals surface area contributed by atoms with Gasteiger partial charge in [-0.2, -0.15) is 0 Å². The molecule has 2 aliphatic rings. The van der Waals surface area contributed by atoms with E-state index in [1.807, 2.05) is 0 Å². The van der Waals surface area contributed by atoms with Crippen molar-refractivity contribution < 1.29 is 10.0 Å². The zero-order chi connectivity index (χ0) is 8.06. The van der Waals surface area contributed by atoms with Crippen LogP contribution < -0.4 is 0 Å². The Hall–Kier alpha value is -0.0151. The van der Waals surface area contributed by atoms with Crippen molar-refractivity contribution >= 4 is 7.12 Å². The van der Waals surface area contributed by atoms with Crippen molar-refractivity contribution in [3.05, 3.63) is 0 Å². The van der Waals surface area contributed by atoms with E-state index in [0.717, 1.165) is 18.8 Å². The summed E-state index contributed by atoms with van der Waals surface area (Å²) < 4.78 is 0. The minimum Gasteiger partial charge on any atom is -0.427 e. The van der Waals surface area contributed by atoms with Gasteiger partial charge in [0.2, 0.25) is 0 Å². The molecule has 0 unspecified atom stereocenters. The van der Waals surface area contributed by atoms with E-state index in [0.29, 0.717) is 5.41 Å². The van der Waals surface area contributed by atoms with Crippen molar-refractivity contribution in [3.63, 3.8) is 0 Å². The van der Waals surface area contributed by atoms with E-state index in [-0.39, 0.29) is 5.82 Å². The molecule has 0 radical (unpaired) electrons. The van der Waals surface area contributed by atoms with Gasteiger partial charge in [-0.25, -0.2) is 0 Å². The predicted molar refractivity (Wildman–Crippen MR) is 44.0 cm³/mol. The van der Waals surface area contributed by atoms with Crippen LogP contribution in [0.1, 0.15) is 32.6 Å². The molecule has 1 spiro atoms. The van der Waals surface area contributed by atoms with Crippen LogP contribution in [-0.4, -0.2) is 17.2 Å². The fourth-order valence-corrected chi connectivity index (χ4v) is 3.02. The second kappa shape index (κ2) is 2.24. The molecule has 2 aliphatic carbocycles. The second-order valence-electron chi connectivity index (χ2n) is 4.60. The van der Waals surface area contributed by atoms with Crippen LogP contribution in [0.25, 0.3) is 0 Å². The van der Waals surface area contributed by atoms with Gasteiger partial charge >= 0.3 is 7.12 Å². The van der Waals surface area contributed by atoms with E-state index in [1.54, 1.807) is 0 Å². The summed E-state index contributed by atoms with van der Waals surface area (Å²) in [5, 5.41) is 17.7. The predicted octanol–water partition coefficient (Wildman–Crippen LogP) is 1.04. The average molecular weight is 154 g/mol. The van der Waals surface area contributed by atoms with Crippen molar-refractivity contribution in [2.24, 2.45) is 11.3 Å². The fourth-order valence-electron chi connectivity index (χ4n) is 3.02. The van der Waals surface area contributed by atoms with Crippen LogP contribution in [0.15, 0.2) is 0 Å². The molecule has 2 nitrogen and oxygen atoms in total. The molecule has 2 rings (SSSR count). The van der Waals surface area contributed by atoms with Crippen molar-refractivity contribution in [3.8, 4) is 0 Å². The molecule has 11 heavy (non-hydrogen) atoms. The lowest BCUT2D eigenvalue weighted by Crippen LogP contribution is -2.48. The molecule has 3 heteroatoms. The van der Waals surface area contributed by atoms with Crippen LogP contribution in [0.4, 0.5) is 0 Å². The van der Waals surface area contributed by atoms with E-state index in [1.165, 1.54) is 12.8 Å². The molecule has 62 valence electrons. The van der Waals surface area contributed by atoms with Gasteiger partial charge in [0.05, 0.1) is 0 Å². The molecule has 2 fully saturated rings. The maximum atomic E-state index is 8.85. The average Bonchev–Trinajstić information content (AvgIpc) is 1.73. The highest BCUT2D eigenvalue weighted by Gasteiger charge is 2.54. The summed E-state index contributed by atoms with van der Waals surface area (Å²) in [6.07, 6.45) is 4.73. The van der Waals surface area contributed by atoms with Gasteiger partial charge in [-0.1, -0.05) is 6.92 Å². The second-order valence-corrected chi connectivity index (χ2v) is 4.60. The Kier molecular flexibility index (Phi) is 1.55. The fraction of sp³-hybridized carbons (Fsp3) is 1.00. The Morgan fingerprint density at radius 3 is 2.09 bits per heavy atom. The smallest absolute Gasteiger partial charge is 0.427 e. The normalized spacial score (nSPS) is 48.3. The Bertz CT molecular complexity index is 155. The lowest BCUT2D eigenvalue weighted by molar-refractivity contribution is -0.0233. The Morgan fingerprint density at radius 1 is 1.18 bits per heavy atom. The van der Waals surface area contributed by atoms with E-state index in [2.05, 4.69) is 6.92 Å². The summed E-state index contributed by atoms with van der Waals surface area (Å²) in [5.41, 5.74) is 0.549. The van der Waals surface area contributed by atoms with E-state index < -0.39 is 7.12 Å². The first-order valence-corrected chi connectivity index (χ1v) is 4.47. The molecule has 0 aliphatic heterocycles. The maximum absolute atomic E-state index is 8.85. The molecule has 0 aromatic heterocycles. The largest absolute Gasteiger partial charge is 0.454 e. The summed E-state index contributed by atoms with van der Waals surface area (Å²) >= 11 is 0. The van der Waals surface area contributed by atoms with Crippen LogP contribution >= 0.6 is 0 Å². The third kappa shape index (κ3) is 1.11. The Morgan fingerprint density at radius 2 is 1.73 bits per heavy atom. The van der Waals surface area contributed by atoms with Gasteiger partial charge < -0.3 is 10.0 Å². The van der Waals surface area contributed by atoms with Gasteiger partial charge in [0, 0.05) is 0 Å². The molecule has 0 amide bonds. The minimum atomic E-state index is -1.06. The van der Waals surface area contributed by atoms with Gasteiger partial charge in [0.1, 0.15) is 0 Å². The van der Waals surface area contributed by atoms with Crippen molar-refractivity contribution in [2.75, 3.05) is 0 Å². The third-order valence-electron chi connectivity index (χ3n) is 3.37. The first-order chi connectivity index (χ1) is 5.11. The van der Waals surface area contributed by atoms with Crippen LogP contribution in [0.2, 0.25) is 5.82 Å². The number of rotatable bonds is 1. The summed E-state index contributed by atoms with van der Waals surface area (Å²) in [6.45, 7) is 2.27. The number of hydrogen-bond acceptors (Lipinski definition) is 2. The van der Waals surface area contributed by atoms with Crippen LogP contribution in [0, 0.1) is 11.3 Å². The van der Waals surface area contributed by atoms with Crippen LogP contribution in [0.3, 0.4) is 0 Å². The molecule has 2 saturated carbocycles. The summed E-state index contributed by atoms with van der Waals surface area (Å²) in [6, 6.07) is 0. The molecule has 0 aromatic rings. The molecular weight excluding hydrogens is 139 g/mol. The third-order valence-corrected chi connectivity index (χ3v) is 3.37. The highest BCUT2D eigenvalue weighted by atomic mass is 16.4. The zero-order valence-electron chi connectivity index (χ0n) is 6.95. The standard InChI is InChI=1S/C8H15BO2/c1-6-2-8(3-6)4-7(5-8)9(10)11/h6-7,10-11H,2-5H2,1H3. The van der Waals surface area contributed by atoms with Gasteiger partial charge in [-0.15, -0.1) is 0 Å².